The van der Waals surface area contributed by atoms with Crippen LogP contribution >= 0.6 is 11.6 Å². The predicted octanol–water partition coefficient (Wildman–Crippen LogP) is 3.45. The third-order valence-corrected chi connectivity index (χ3v) is 3.86. The van der Waals surface area contributed by atoms with Crippen molar-refractivity contribution in [2.45, 2.75) is 12.8 Å². The molecular weight excluding hydrogens is 314 g/mol. The quantitative estimate of drug-likeness (QED) is 0.581. The zero-order valence-electron chi connectivity index (χ0n) is 12.0. The van der Waals surface area contributed by atoms with Gasteiger partial charge < -0.3 is 4.42 Å². The van der Waals surface area contributed by atoms with Gasteiger partial charge in [-0.05, 0) is 47.4 Å². The Kier molecular flexibility index (Phi) is 3.51. The van der Waals surface area contributed by atoms with Crippen LogP contribution in [0.4, 0.5) is 0 Å². The van der Waals surface area contributed by atoms with Crippen molar-refractivity contribution in [2.24, 2.45) is 0 Å². The third kappa shape index (κ3) is 2.93. The summed E-state index contributed by atoms with van der Waals surface area (Å²) in [4.78, 5) is 4.10. The van der Waals surface area contributed by atoms with Crippen molar-refractivity contribution in [1.82, 2.24) is 25.6 Å². The molecule has 7 heteroatoms. The molecule has 0 atom stereocenters. The SMILES string of the molecule is Clc1ccc(CCc2ccc3cc(-c4nn[nH]n4)oc3c2)cn1. The molecule has 0 amide bonds. The van der Waals surface area contributed by atoms with Gasteiger partial charge in [-0.25, -0.2) is 4.98 Å². The van der Waals surface area contributed by atoms with Crippen LogP contribution in [0.2, 0.25) is 5.15 Å². The predicted molar refractivity (Wildman–Crippen MR) is 86.0 cm³/mol. The number of aromatic amines is 1. The molecule has 0 radical (unpaired) electrons. The topological polar surface area (TPSA) is 80.5 Å². The first-order valence-corrected chi connectivity index (χ1v) is 7.52. The zero-order valence-corrected chi connectivity index (χ0v) is 12.8. The number of nitrogens with one attached hydrogen (secondary N) is 1. The number of rotatable bonds is 4. The zero-order chi connectivity index (χ0) is 15.6. The summed E-state index contributed by atoms with van der Waals surface area (Å²) >= 11 is 5.80. The molecule has 0 aliphatic carbocycles. The molecule has 0 saturated heterocycles. The van der Waals surface area contributed by atoms with Gasteiger partial charge >= 0.3 is 0 Å². The van der Waals surface area contributed by atoms with Gasteiger partial charge in [-0.3, -0.25) is 0 Å². The highest BCUT2D eigenvalue weighted by Crippen LogP contribution is 2.26. The number of benzene rings is 1. The second-order valence-corrected chi connectivity index (χ2v) is 5.59. The molecule has 0 spiro atoms. The van der Waals surface area contributed by atoms with Crippen molar-refractivity contribution in [3.8, 4) is 11.6 Å². The minimum Gasteiger partial charge on any atom is -0.453 e. The monoisotopic (exact) mass is 325 g/mol. The molecule has 23 heavy (non-hydrogen) atoms. The lowest BCUT2D eigenvalue weighted by Gasteiger charge is -2.02. The second kappa shape index (κ2) is 5.81. The van der Waals surface area contributed by atoms with Crippen molar-refractivity contribution < 1.29 is 4.42 Å². The average molecular weight is 326 g/mol. The number of hydrogen-bond donors (Lipinski definition) is 1. The Balaban J connectivity index is 1.55. The number of hydrogen-bond acceptors (Lipinski definition) is 5. The van der Waals surface area contributed by atoms with E-state index >= 15 is 0 Å². The number of tetrazole rings is 1. The molecule has 0 fully saturated rings. The minimum absolute atomic E-state index is 0.454. The Morgan fingerprint density at radius 1 is 1.04 bits per heavy atom. The van der Waals surface area contributed by atoms with Crippen LogP contribution in [-0.4, -0.2) is 25.6 Å². The molecule has 1 N–H and O–H groups in total. The lowest BCUT2D eigenvalue weighted by molar-refractivity contribution is 0.625. The normalized spacial score (nSPS) is 11.2. The highest BCUT2D eigenvalue weighted by molar-refractivity contribution is 6.29. The van der Waals surface area contributed by atoms with Crippen LogP contribution in [-0.2, 0) is 12.8 Å². The molecule has 0 aliphatic rings. The van der Waals surface area contributed by atoms with E-state index in [0.29, 0.717) is 16.7 Å². The van der Waals surface area contributed by atoms with Gasteiger partial charge in [0.2, 0.25) is 5.82 Å². The smallest absolute Gasteiger partial charge is 0.239 e. The average Bonchev–Trinajstić information content (AvgIpc) is 3.23. The number of H-pyrrole nitrogens is 1. The first-order chi connectivity index (χ1) is 11.3. The molecule has 6 nitrogen and oxygen atoms in total. The van der Waals surface area contributed by atoms with E-state index in [4.69, 9.17) is 16.0 Å². The number of aromatic nitrogens is 5. The van der Waals surface area contributed by atoms with Crippen LogP contribution in [0, 0.1) is 0 Å². The highest BCUT2D eigenvalue weighted by atomic mass is 35.5. The van der Waals surface area contributed by atoms with E-state index in [1.165, 1.54) is 5.56 Å². The molecule has 4 aromatic rings. The summed E-state index contributed by atoms with van der Waals surface area (Å²) in [6, 6.07) is 11.9. The van der Waals surface area contributed by atoms with Crippen molar-refractivity contribution in [1.29, 1.82) is 0 Å². The number of aryl methyl sites for hydroxylation is 2. The molecule has 3 aromatic heterocycles. The fraction of sp³-hybridized carbons (Fsp3) is 0.125. The summed E-state index contributed by atoms with van der Waals surface area (Å²) < 4.78 is 5.81. The molecule has 3 heterocycles. The van der Waals surface area contributed by atoms with Crippen LogP contribution in [0.25, 0.3) is 22.6 Å². The Hall–Kier alpha value is -2.73. The summed E-state index contributed by atoms with van der Waals surface area (Å²) in [7, 11) is 0. The van der Waals surface area contributed by atoms with Gasteiger partial charge in [0.05, 0.1) is 0 Å². The Morgan fingerprint density at radius 2 is 1.91 bits per heavy atom. The van der Waals surface area contributed by atoms with Crippen LogP contribution in [0.15, 0.2) is 47.0 Å². The first-order valence-electron chi connectivity index (χ1n) is 7.15. The highest BCUT2D eigenvalue weighted by Gasteiger charge is 2.10. The summed E-state index contributed by atoms with van der Waals surface area (Å²) in [6.45, 7) is 0. The maximum Gasteiger partial charge on any atom is 0.239 e. The summed E-state index contributed by atoms with van der Waals surface area (Å²) in [6.07, 6.45) is 3.60. The molecule has 0 aliphatic heterocycles. The van der Waals surface area contributed by atoms with Gasteiger partial charge in [0.25, 0.3) is 0 Å². The van der Waals surface area contributed by atoms with Crippen molar-refractivity contribution in [3.05, 3.63) is 58.9 Å². The summed E-state index contributed by atoms with van der Waals surface area (Å²) in [5.41, 5.74) is 3.17. The molecule has 1 aromatic carbocycles. The standard InChI is InChI=1S/C16H12ClN5O/c17-15-6-4-11(9-18-15)2-1-10-3-5-12-8-14(23-13(12)7-10)16-19-21-22-20-16/h3-9H,1-2H2,(H,19,20,21,22). The maximum atomic E-state index is 5.81. The number of halogens is 1. The first kappa shape index (κ1) is 13.9. The number of furan rings is 1. The Morgan fingerprint density at radius 3 is 2.70 bits per heavy atom. The molecule has 0 bridgehead atoms. The summed E-state index contributed by atoms with van der Waals surface area (Å²) in [5, 5.41) is 15.4. The molecule has 0 unspecified atom stereocenters. The fourth-order valence-corrected chi connectivity index (χ4v) is 2.56. The van der Waals surface area contributed by atoms with E-state index in [-0.39, 0.29) is 0 Å². The van der Waals surface area contributed by atoms with Crippen LogP contribution < -0.4 is 0 Å². The van der Waals surface area contributed by atoms with E-state index in [2.05, 4.69) is 31.7 Å². The maximum absolute atomic E-state index is 5.81. The molecule has 0 saturated carbocycles. The van der Waals surface area contributed by atoms with Gasteiger partial charge in [-0.15, -0.1) is 10.2 Å². The number of nitrogens with zero attached hydrogens (tertiary/aromatic N) is 4. The molecule has 4 rings (SSSR count). The minimum atomic E-state index is 0.454. The van der Waals surface area contributed by atoms with Gasteiger partial charge in [-0.2, -0.15) is 5.21 Å². The van der Waals surface area contributed by atoms with Gasteiger partial charge in [0, 0.05) is 11.6 Å². The lowest BCUT2D eigenvalue weighted by atomic mass is 10.0. The molecular formula is C16H12ClN5O. The van der Waals surface area contributed by atoms with Crippen molar-refractivity contribution in [2.75, 3.05) is 0 Å². The van der Waals surface area contributed by atoms with Gasteiger partial charge in [0.1, 0.15) is 10.7 Å². The van der Waals surface area contributed by atoms with Crippen molar-refractivity contribution >= 4 is 22.6 Å². The van der Waals surface area contributed by atoms with E-state index in [1.807, 2.05) is 36.5 Å². The van der Waals surface area contributed by atoms with E-state index in [1.54, 1.807) is 0 Å². The van der Waals surface area contributed by atoms with Crippen LogP contribution in [0.3, 0.4) is 0 Å². The third-order valence-electron chi connectivity index (χ3n) is 3.64. The molecule has 114 valence electrons. The van der Waals surface area contributed by atoms with E-state index < -0.39 is 0 Å². The van der Waals surface area contributed by atoms with Gasteiger partial charge in [-0.1, -0.05) is 29.8 Å². The van der Waals surface area contributed by atoms with Crippen molar-refractivity contribution in [3.63, 3.8) is 0 Å². The Bertz CT molecular complexity index is 931. The van der Waals surface area contributed by atoms with Gasteiger partial charge in [0.15, 0.2) is 5.76 Å². The largest absolute Gasteiger partial charge is 0.453 e. The lowest BCUT2D eigenvalue weighted by Crippen LogP contribution is -1.92. The second-order valence-electron chi connectivity index (χ2n) is 5.21. The van der Waals surface area contributed by atoms with Crippen LogP contribution in [0.1, 0.15) is 11.1 Å². The van der Waals surface area contributed by atoms with E-state index in [9.17, 15) is 0 Å². The number of fused-ring (bicyclic) bond motifs is 1. The van der Waals surface area contributed by atoms with Crippen LogP contribution in [0.5, 0.6) is 0 Å². The fourth-order valence-electron chi connectivity index (χ4n) is 2.45. The summed E-state index contributed by atoms with van der Waals surface area (Å²) in [5.74, 6) is 1.06. The Labute approximate surface area is 136 Å². The number of pyridine rings is 1. The van der Waals surface area contributed by atoms with E-state index in [0.717, 1.165) is 29.4 Å².